The molecule has 1 amide bonds. The molecular formula is C30H30N2O5S. The number of benzene rings is 4. The molecular weight excluding hydrogens is 500 g/mol. The van der Waals surface area contributed by atoms with Crippen molar-refractivity contribution in [2.45, 2.75) is 31.9 Å². The molecule has 0 heterocycles. The Bertz CT molecular complexity index is 1500. The first-order valence-corrected chi connectivity index (χ1v) is 13.5. The van der Waals surface area contributed by atoms with Crippen LogP contribution in [0.3, 0.4) is 0 Å². The number of carbonyl (C=O) groups excluding carboxylic acids is 1. The van der Waals surface area contributed by atoms with Crippen LogP contribution in [0.25, 0.3) is 0 Å². The Hall–Kier alpha value is -4.30. The van der Waals surface area contributed by atoms with Crippen molar-refractivity contribution >= 4 is 21.6 Å². The van der Waals surface area contributed by atoms with Crippen LogP contribution in [-0.2, 0) is 23.2 Å². The van der Waals surface area contributed by atoms with Gasteiger partial charge in [0.05, 0.1) is 17.7 Å². The molecule has 196 valence electrons. The van der Waals surface area contributed by atoms with E-state index in [0.717, 1.165) is 22.4 Å². The maximum absolute atomic E-state index is 13.2. The van der Waals surface area contributed by atoms with Gasteiger partial charge in [-0.15, -0.1) is 0 Å². The monoisotopic (exact) mass is 530 g/mol. The van der Waals surface area contributed by atoms with Crippen LogP contribution in [0.1, 0.15) is 32.6 Å². The average molecular weight is 531 g/mol. The Morgan fingerprint density at radius 3 is 2.03 bits per heavy atom. The molecule has 0 spiro atoms. The van der Waals surface area contributed by atoms with Crippen molar-refractivity contribution in [1.29, 1.82) is 0 Å². The maximum atomic E-state index is 13.2. The Labute approximate surface area is 223 Å². The Morgan fingerprint density at radius 2 is 1.39 bits per heavy atom. The lowest BCUT2D eigenvalue weighted by Gasteiger charge is -2.16. The van der Waals surface area contributed by atoms with Crippen molar-refractivity contribution in [3.63, 3.8) is 0 Å². The number of anilines is 1. The molecule has 0 aliphatic carbocycles. The highest BCUT2D eigenvalue weighted by Gasteiger charge is 2.17. The summed E-state index contributed by atoms with van der Waals surface area (Å²) in [5.74, 6) is 1.13. The van der Waals surface area contributed by atoms with Crippen molar-refractivity contribution in [3.05, 3.63) is 119 Å². The number of amides is 1. The molecule has 0 saturated heterocycles. The minimum absolute atomic E-state index is 0.137. The Morgan fingerprint density at radius 1 is 0.789 bits per heavy atom. The number of hydrogen-bond donors (Lipinski definition) is 2. The van der Waals surface area contributed by atoms with E-state index >= 15 is 0 Å². The SMILES string of the molecule is COc1ccc(OCc2ccc(CNC(=O)c3ccc(C)cc3)c(NS(=O)(=O)c3ccc(C)cc3)c2)cc1. The molecule has 2 N–H and O–H groups in total. The maximum Gasteiger partial charge on any atom is 0.261 e. The van der Waals surface area contributed by atoms with Crippen LogP contribution in [0.5, 0.6) is 11.5 Å². The average Bonchev–Trinajstić information content (AvgIpc) is 2.92. The van der Waals surface area contributed by atoms with Gasteiger partial charge in [-0.1, -0.05) is 47.5 Å². The van der Waals surface area contributed by atoms with Crippen LogP contribution in [-0.4, -0.2) is 21.4 Å². The van der Waals surface area contributed by atoms with Gasteiger partial charge in [0.1, 0.15) is 18.1 Å². The third-order valence-electron chi connectivity index (χ3n) is 5.97. The fourth-order valence-electron chi connectivity index (χ4n) is 3.70. The van der Waals surface area contributed by atoms with Gasteiger partial charge >= 0.3 is 0 Å². The highest BCUT2D eigenvalue weighted by molar-refractivity contribution is 7.92. The Balaban J connectivity index is 1.56. The molecule has 0 unspecified atom stereocenters. The fraction of sp³-hybridized carbons (Fsp3) is 0.167. The van der Waals surface area contributed by atoms with E-state index in [9.17, 15) is 13.2 Å². The second-order valence-electron chi connectivity index (χ2n) is 8.92. The van der Waals surface area contributed by atoms with E-state index in [1.807, 2.05) is 32.0 Å². The second-order valence-corrected chi connectivity index (χ2v) is 10.6. The molecule has 38 heavy (non-hydrogen) atoms. The van der Waals surface area contributed by atoms with Gasteiger partial charge in [-0.3, -0.25) is 9.52 Å². The summed E-state index contributed by atoms with van der Waals surface area (Å²) in [6.45, 7) is 4.21. The summed E-state index contributed by atoms with van der Waals surface area (Å²) in [4.78, 5) is 12.8. The van der Waals surface area contributed by atoms with Gasteiger partial charge in [0.15, 0.2) is 0 Å². The number of rotatable bonds is 10. The molecule has 8 heteroatoms. The zero-order valence-corrected chi connectivity index (χ0v) is 22.3. The van der Waals surface area contributed by atoms with Crippen LogP contribution < -0.4 is 19.5 Å². The molecule has 7 nitrogen and oxygen atoms in total. The number of carbonyl (C=O) groups is 1. The van der Waals surface area contributed by atoms with E-state index in [0.29, 0.717) is 22.6 Å². The minimum atomic E-state index is -3.86. The molecule has 0 aromatic heterocycles. The van der Waals surface area contributed by atoms with Crippen molar-refractivity contribution in [3.8, 4) is 11.5 Å². The molecule has 0 saturated carbocycles. The summed E-state index contributed by atoms with van der Waals surface area (Å²) in [6, 6.07) is 26.4. The molecule has 4 rings (SSSR count). The molecule has 0 aliphatic heterocycles. The molecule has 4 aromatic carbocycles. The normalized spacial score (nSPS) is 11.0. The highest BCUT2D eigenvalue weighted by Crippen LogP contribution is 2.24. The van der Waals surface area contributed by atoms with Gasteiger partial charge in [0.2, 0.25) is 0 Å². The summed E-state index contributed by atoms with van der Waals surface area (Å²) >= 11 is 0. The van der Waals surface area contributed by atoms with Gasteiger partial charge < -0.3 is 14.8 Å². The standard InChI is InChI=1S/C30H30N2O5S/c1-21-4-9-24(10-5-21)30(33)31-19-25-11-8-23(20-37-27-14-12-26(36-3)13-15-27)18-29(25)32-38(34,35)28-16-6-22(2)7-17-28/h4-18,32H,19-20H2,1-3H3,(H,31,33). The molecule has 0 aliphatic rings. The van der Waals surface area contributed by atoms with Crippen LogP contribution in [0, 0.1) is 13.8 Å². The van der Waals surface area contributed by atoms with E-state index < -0.39 is 10.0 Å². The topological polar surface area (TPSA) is 93.7 Å². The fourth-order valence-corrected chi connectivity index (χ4v) is 4.80. The Kier molecular flexibility index (Phi) is 8.33. The lowest BCUT2D eigenvalue weighted by Crippen LogP contribution is -2.24. The summed E-state index contributed by atoms with van der Waals surface area (Å²) in [7, 11) is -2.26. The zero-order chi connectivity index (χ0) is 27.1. The number of nitrogens with one attached hydrogen (secondary N) is 2. The molecule has 0 atom stereocenters. The zero-order valence-electron chi connectivity index (χ0n) is 21.5. The first-order chi connectivity index (χ1) is 18.2. The lowest BCUT2D eigenvalue weighted by molar-refractivity contribution is 0.0951. The van der Waals surface area contributed by atoms with Crippen LogP contribution in [0.4, 0.5) is 5.69 Å². The first-order valence-electron chi connectivity index (χ1n) is 12.1. The quantitative estimate of drug-likeness (QED) is 0.278. The highest BCUT2D eigenvalue weighted by atomic mass is 32.2. The summed E-state index contributed by atoms with van der Waals surface area (Å²) < 4.78 is 40.1. The molecule has 0 fully saturated rings. The van der Waals surface area contributed by atoms with Crippen molar-refractivity contribution < 1.29 is 22.7 Å². The number of aryl methyl sites for hydroxylation is 2. The molecule has 0 radical (unpaired) electrons. The van der Waals surface area contributed by atoms with Gasteiger partial charge in [-0.05, 0) is 79.6 Å². The van der Waals surface area contributed by atoms with E-state index in [2.05, 4.69) is 10.0 Å². The summed E-state index contributed by atoms with van der Waals surface area (Å²) in [6.07, 6.45) is 0. The van der Waals surface area contributed by atoms with Gasteiger partial charge in [0, 0.05) is 12.1 Å². The van der Waals surface area contributed by atoms with E-state index in [1.165, 1.54) is 0 Å². The number of ether oxygens (including phenoxy) is 2. The third-order valence-corrected chi connectivity index (χ3v) is 7.35. The second kappa shape index (κ2) is 11.8. The van der Waals surface area contributed by atoms with Crippen molar-refractivity contribution in [1.82, 2.24) is 5.32 Å². The predicted octanol–water partition coefficient (Wildman–Crippen LogP) is 5.62. The van der Waals surface area contributed by atoms with E-state index in [4.69, 9.17) is 9.47 Å². The van der Waals surface area contributed by atoms with Crippen LogP contribution in [0.2, 0.25) is 0 Å². The van der Waals surface area contributed by atoms with Gasteiger partial charge in [-0.25, -0.2) is 8.42 Å². The lowest BCUT2D eigenvalue weighted by atomic mass is 10.1. The van der Waals surface area contributed by atoms with Gasteiger partial charge in [0.25, 0.3) is 15.9 Å². The number of hydrogen-bond acceptors (Lipinski definition) is 5. The minimum Gasteiger partial charge on any atom is -0.497 e. The van der Waals surface area contributed by atoms with Crippen molar-refractivity contribution in [2.24, 2.45) is 0 Å². The van der Waals surface area contributed by atoms with E-state index in [1.54, 1.807) is 79.9 Å². The molecule has 0 bridgehead atoms. The predicted molar refractivity (Wildman–Crippen MR) is 148 cm³/mol. The smallest absolute Gasteiger partial charge is 0.261 e. The first kappa shape index (κ1) is 26.8. The van der Waals surface area contributed by atoms with Crippen LogP contribution in [0.15, 0.2) is 95.9 Å². The third kappa shape index (κ3) is 6.92. The largest absolute Gasteiger partial charge is 0.497 e. The summed E-state index contributed by atoms with van der Waals surface area (Å²) in [5.41, 5.74) is 4.29. The van der Waals surface area contributed by atoms with Crippen LogP contribution >= 0.6 is 0 Å². The number of sulfonamides is 1. The summed E-state index contributed by atoms with van der Waals surface area (Å²) in [5, 5.41) is 2.88. The molecule has 4 aromatic rings. The van der Waals surface area contributed by atoms with E-state index in [-0.39, 0.29) is 24.0 Å². The van der Waals surface area contributed by atoms with Crippen molar-refractivity contribution in [2.75, 3.05) is 11.8 Å². The number of methoxy groups -OCH3 is 1. The van der Waals surface area contributed by atoms with Gasteiger partial charge in [-0.2, -0.15) is 0 Å².